The number of unbranched alkanes of at least 4 members (excludes halogenated alkanes) is 4. The first-order valence-corrected chi connectivity index (χ1v) is 17.8. The van der Waals surface area contributed by atoms with Crippen LogP contribution in [0.3, 0.4) is 0 Å². The van der Waals surface area contributed by atoms with Gasteiger partial charge >= 0.3 is 0 Å². The standard InChI is InChI=1S/C34H72N6O3/c1-31(13-9-15-33(41)17-11-25-37-21-5-3-7-23-39-27-19-35)29-43-30-32(2)14-10-16-34(42)18-12-26-38-22-6-4-8-24-40-28-20-36/h31-32,37-40H,3-30,35-36H2,1-2H3. The lowest BCUT2D eigenvalue weighted by molar-refractivity contribution is -0.120. The number of carbonyl (C=O) groups excluding carboxylic acids is 2. The maximum absolute atomic E-state index is 12.2. The van der Waals surface area contributed by atoms with Gasteiger partial charge in [-0.1, -0.05) is 26.7 Å². The van der Waals surface area contributed by atoms with Crippen LogP contribution in [0.25, 0.3) is 0 Å². The minimum absolute atomic E-state index is 0.388. The summed E-state index contributed by atoms with van der Waals surface area (Å²) < 4.78 is 5.96. The molecule has 0 aromatic rings. The fraction of sp³-hybridized carbons (Fsp3) is 0.941. The van der Waals surface area contributed by atoms with E-state index in [1.165, 1.54) is 38.5 Å². The summed E-state index contributed by atoms with van der Waals surface area (Å²) in [7, 11) is 0. The van der Waals surface area contributed by atoms with Crippen LogP contribution < -0.4 is 32.7 Å². The third-order valence-electron chi connectivity index (χ3n) is 7.78. The van der Waals surface area contributed by atoms with Crippen molar-refractivity contribution in [2.45, 2.75) is 117 Å². The first-order valence-electron chi connectivity index (χ1n) is 17.8. The van der Waals surface area contributed by atoms with Crippen molar-refractivity contribution in [3.8, 4) is 0 Å². The van der Waals surface area contributed by atoms with Crippen LogP contribution in [0, 0.1) is 11.8 Å². The molecule has 0 bridgehead atoms. The zero-order chi connectivity index (χ0) is 31.6. The highest BCUT2D eigenvalue weighted by Gasteiger charge is 2.09. The molecule has 0 aromatic heterocycles. The van der Waals surface area contributed by atoms with Crippen molar-refractivity contribution in [2.24, 2.45) is 23.3 Å². The minimum atomic E-state index is 0.388. The highest BCUT2D eigenvalue weighted by Crippen LogP contribution is 2.13. The fourth-order valence-corrected chi connectivity index (χ4v) is 5.06. The molecule has 9 nitrogen and oxygen atoms in total. The van der Waals surface area contributed by atoms with E-state index < -0.39 is 0 Å². The Morgan fingerprint density at radius 1 is 0.488 bits per heavy atom. The Labute approximate surface area is 265 Å². The van der Waals surface area contributed by atoms with Gasteiger partial charge < -0.3 is 37.5 Å². The third kappa shape index (κ3) is 33.8. The molecule has 0 saturated heterocycles. The number of nitrogens with one attached hydrogen (secondary N) is 4. The molecule has 0 aliphatic rings. The van der Waals surface area contributed by atoms with E-state index in [2.05, 4.69) is 35.1 Å². The molecule has 43 heavy (non-hydrogen) atoms. The van der Waals surface area contributed by atoms with E-state index in [-0.39, 0.29) is 0 Å². The molecule has 0 amide bonds. The summed E-state index contributed by atoms with van der Waals surface area (Å²) in [6.45, 7) is 15.2. The highest BCUT2D eigenvalue weighted by molar-refractivity contribution is 5.78. The SMILES string of the molecule is CC(CCCC(=O)CCCNCCCCCNCCN)COCC(C)CCCC(=O)CCCNCCCCCNCCN. The second-order valence-electron chi connectivity index (χ2n) is 12.5. The zero-order valence-corrected chi connectivity index (χ0v) is 28.3. The lowest BCUT2D eigenvalue weighted by atomic mass is 10.0. The zero-order valence-electron chi connectivity index (χ0n) is 28.3. The van der Waals surface area contributed by atoms with Crippen molar-refractivity contribution in [2.75, 3.05) is 78.7 Å². The molecule has 0 rings (SSSR count). The average molecular weight is 613 g/mol. The van der Waals surface area contributed by atoms with Gasteiger partial charge in [0, 0.05) is 65.1 Å². The van der Waals surface area contributed by atoms with Gasteiger partial charge in [-0.15, -0.1) is 0 Å². The van der Waals surface area contributed by atoms with Gasteiger partial charge in [-0.05, 0) is 115 Å². The largest absolute Gasteiger partial charge is 0.381 e. The van der Waals surface area contributed by atoms with Crippen molar-refractivity contribution < 1.29 is 14.3 Å². The van der Waals surface area contributed by atoms with E-state index in [0.717, 1.165) is 104 Å². The van der Waals surface area contributed by atoms with Gasteiger partial charge in [0.25, 0.3) is 0 Å². The van der Waals surface area contributed by atoms with Gasteiger partial charge in [-0.3, -0.25) is 9.59 Å². The summed E-state index contributed by atoms with van der Waals surface area (Å²) in [5, 5.41) is 13.6. The minimum Gasteiger partial charge on any atom is -0.381 e. The van der Waals surface area contributed by atoms with Crippen LogP contribution in [0.15, 0.2) is 0 Å². The molecule has 9 heteroatoms. The summed E-state index contributed by atoms with van der Waals surface area (Å²) in [6.07, 6.45) is 15.8. The van der Waals surface area contributed by atoms with Crippen molar-refractivity contribution in [1.82, 2.24) is 21.3 Å². The molecule has 2 atom stereocenters. The number of nitrogens with two attached hydrogens (primary N) is 2. The predicted octanol–water partition coefficient (Wildman–Crippen LogP) is 3.93. The Morgan fingerprint density at radius 2 is 0.814 bits per heavy atom. The summed E-state index contributed by atoms with van der Waals surface area (Å²) in [5.74, 6) is 1.72. The van der Waals surface area contributed by atoms with Crippen LogP contribution in [0.2, 0.25) is 0 Å². The average Bonchev–Trinajstić information content (AvgIpc) is 2.98. The molecule has 0 radical (unpaired) electrons. The number of ether oxygens (including phenoxy) is 1. The molecule has 8 N–H and O–H groups in total. The first-order chi connectivity index (χ1) is 21.0. The lowest BCUT2D eigenvalue weighted by Gasteiger charge is -2.15. The van der Waals surface area contributed by atoms with Crippen molar-refractivity contribution in [1.29, 1.82) is 0 Å². The molecule has 0 aromatic carbocycles. The van der Waals surface area contributed by atoms with Gasteiger partial charge in [-0.2, -0.15) is 0 Å². The van der Waals surface area contributed by atoms with Gasteiger partial charge in [-0.25, -0.2) is 0 Å². The maximum Gasteiger partial charge on any atom is 0.132 e. The molecule has 0 heterocycles. The molecular weight excluding hydrogens is 540 g/mol. The van der Waals surface area contributed by atoms with E-state index >= 15 is 0 Å². The van der Waals surface area contributed by atoms with Crippen molar-refractivity contribution in [3.05, 3.63) is 0 Å². The Balaban J connectivity index is 3.47. The van der Waals surface area contributed by atoms with Crippen LogP contribution in [0.1, 0.15) is 117 Å². The summed E-state index contributed by atoms with van der Waals surface area (Å²) >= 11 is 0. The number of carbonyl (C=O) groups is 2. The van der Waals surface area contributed by atoms with Crippen LogP contribution in [-0.4, -0.2) is 90.2 Å². The Morgan fingerprint density at radius 3 is 1.19 bits per heavy atom. The van der Waals surface area contributed by atoms with Crippen LogP contribution >= 0.6 is 0 Å². The Bertz CT molecular complexity index is 561. The van der Waals surface area contributed by atoms with Gasteiger partial charge in [0.1, 0.15) is 11.6 Å². The third-order valence-corrected chi connectivity index (χ3v) is 7.78. The molecule has 0 spiro atoms. The lowest BCUT2D eigenvalue weighted by Crippen LogP contribution is -2.23. The van der Waals surface area contributed by atoms with Crippen LogP contribution in [0.4, 0.5) is 0 Å². The molecule has 0 aliphatic carbocycles. The summed E-state index contributed by atoms with van der Waals surface area (Å²) in [4.78, 5) is 24.4. The van der Waals surface area contributed by atoms with Crippen LogP contribution in [-0.2, 0) is 14.3 Å². The van der Waals surface area contributed by atoms with E-state index in [4.69, 9.17) is 16.2 Å². The maximum atomic E-state index is 12.2. The van der Waals surface area contributed by atoms with Crippen molar-refractivity contribution >= 4 is 11.6 Å². The van der Waals surface area contributed by atoms with E-state index in [1.807, 2.05) is 0 Å². The molecule has 0 fully saturated rings. The topological polar surface area (TPSA) is 144 Å². The van der Waals surface area contributed by atoms with Crippen LogP contribution in [0.5, 0.6) is 0 Å². The fourth-order valence-electron chi connectivity index (χ4n) is 5.06. The molecule has 0 saturated carbocycles. The monoisotopic (exact) mass is 613 g/mol. The van der Waals surface area contributed by atoms with Crippen molar-refractivity contribution in [3.63, 3.8) is 0 Å². The Kier molecular flexibility index (Phi) is 33.2. The van der Waals surface area contributed by atoms with Gasteiger partial charge in [0.05, 0.1) is 0 Å². The molecule has 0 aliphatic heterocycles. The number of hydrogen-bond acceptors (Lipinski definition) is 9. The van der Waals surface area contributed by atoms with E-state index in [9.17, 15) is 9.59 Å². The summed E-state index contributed by atoms with van der Waals surface area (Å²) in [5.41, 5.74) is 10.9. The smallest absolute Gasteiger partial charge is 0.132 e. The van der Waals surface area contributed by atoms with Gasteiger partial charge in [0.2, 0.25) is 0 Å². The van der Waals surface area contributed by atoms with E-state index in [0.29, 0.717) is 62.2 Å². The molecular formula is C34H72N6O3. The second kappa shape index (κ2) is 33.9. The van der Waals surface area contributed by atoms with Gasteiger partial charge in [0.15, 0.2) is 0 Å². The summed E-state index contributed by atoms with van der Waals surface area (Å²) in [6, 6.07) is 0. The number of hydrogen-bond donors (Lipinski definition) is 6. The highest BCUT2D eigenvalue weighted by atomic mass is 16.5. The normalized spacial score (nSPS) is 12.9. The first kappa shape index (κ1) is 42.1. The number of ketones is 2. The molecule has 2 unspecified atom stereocenters. The predicted molar refractivity (Wildman–Crippen MR) is 183 cm³/mol. The number of Topliss-reactive ketones (excluding diaryl/α,β-unsaturated/α-hetero) is 2. The molecule has 256 valence electrons. The second-order valence-corrected chi connectivity index (χ2v) is 12.5. The number of rotatable bonds is 36. The van der Waals surface area contributed by atoms with E-state index in [1.54, 1.807) is 0 Å². The Hall–Kier alpha value is -0.940. The quantitative estimate of drug-likeness (QED) is 0.0580.